The molecule has 1 aliphatic rings. The molecule has 1 aromatic rings. The van der Waals surface area contributed by atoms with Crippen LogP contribution in [0.3, 0.4) is 0 Å². The van der Waals surface area contributed by atoms with E-state index in [4.69, 9.17) is 4.74 Å². The summed E-state index contributed by atoms with van der Waals surface area (Å²) < 4.78 is 30.9. The lowest BCUT2D eigenvalue weighted by atomic mass is 10.00. The molecule has 124 valence electrons. The average molecular weight is 433 g/mol. The largest absolute Gasteiger partial charge is 0.490 e. The van der Waals surface area contributed by atoms with Gasteiger partial charge in [-0.05, 0) is 37.1 Å². The number of nitrogens with zero attached hydrogens (tertiary/aromatic N) is 1. The zero-order valence-electron chi connectivity index (χ0n) is 12.8. The van der Waals surface area contributed by atoms with Gasteiger partial charge in [0.25, 0.3) is 6.43 Å². The second kappa shape index (κ2) is 7.90. The average Bonchev–Trinajstić information content (AvgIpc) is 2.50. The maximum atomic E-state index is 12.9. The molecule has 0 radical (unpaired) electrons. The van der Waals surface area contributed by atoms with Gasteiger partial charge in [-0.15, -0.1) is 0 Å². The van der Waals surface area contributed by atoms with Crippen molar-refractivity contribution in [2.75, 3.05) is 13.2 Å². The molecule has 0 saturated carbocycles. The van der Waals surface area contributed by atoms with E-state index in [0.29, 0.717) is 24.5 Å². The number of amides is 1. The van der Waals surface area contributed by atoms with Gasteiger partial charge >= 0.3 is 0 Å². The zero-order chi connectivity index (χ0) is 17.0. The van der Waals surface area contributed by atoms with E-state index in [2.05, 4.69) is 6.58 Å². The summed E-state index contributed by atoms with van der Waals surface area (Å²) in [5.74, 6) is 0.413. The summed E-state index contributed by atoms with van der Waals surface area (Å²) in [6, 6.07) is 5.41. The Hall–Kier alpha value is -1.44. The van der Waals surface area contributed by atoms with Crippen molar-refractivity contribution in [3.8, 4) is 5.75 Å². The number of rotatable bonds is 6. The molecule has 0 aromatic heterocycles. The van der Waals surface area contributed by atoms with Crippen molar-refractivity contribution in [1.29, 1.82) is 0 Å². The molecule has 1 aliphatic heterocycles. The summed E-state index contributed by atoms with van der Waals surface area (Å²) in [5, 5.41) is 0. The van der Waals surface area contributed by atoms with Crippen LogP contribution >= 0.6 is 22.6 Å². The van der Waals surface area contributed by atoms with Crippen LogP contribution in [0.1, 0.15) is 17.5 Å². The van der Waals surface area contributed by atoms with Gasteiger partial charge in [-0.3, -0.25) is 4.79 Å². The van der Waals surface area contributed by atoms with Gasteiger partial charge in [0.1, 0.15) is 12.4 Å². The fourth-order valence-corrected chi connectivity index (χ4v) is 3.05. The Kier molecular flexibility index (Phi) is 6.15. The standard InChI is InChI=1S/C17H18F2INO2/c1-3-8-23-12-4-5-13(11(2)9-12)15-7-6-14(20)17(22)21(15)10-16(18)19/h3-5,7,9,14,16H,1,6,8,10H2,2H3. The maximum absolute atomic E-state index is 12.9. The van der Waals surface area contributed by atoms with Crippen molar-refractivity contribution < 1.29 is 18.3 Å². The molecule has 23 heavy (non-hydrogen) atoms. The molecular weight excluding hydrogens is 415 g/mol. The molecule has 2 rings (SSSR count). The van der Waals surface area contributed by atoms with Crippen molar-refractivity contribution in [3.05, 3.63) is 48.1 Å². The van der Waals surface area contributed by atoms with Gasteiger partial charge in [0, 0.05) is 11.3 Å². The second-order valence-corrected chi connectivity index (χ2v) is 6.71. The van der Waals surface area contributed by atoms with Crippen molar-refractivity contribution in [2.24, 2.45) is 0 Å². The van der Waals surface area contributed by atoms with Crippen LogP contribution in [0.15, 0.2) is 36.9 Å². The first-order chi connectivity index (χ1) is 10.9. The summed E-state index contributed by atoms with van der Waals surface area (Å²) in [4.78, 5) is 13.5. The number of carbonyl (C=O) groups excluding carboxylic acids is 1. The Bertz CT molecular complexity index is 631. The van der Waals surface area contributed by atoms with Crippen LogP contribution in [0.5, 0.6) is 5.75 Å². The molecule has 1 unspecified atom stereocenters. The highest BCUT2D eigenvalue weighted by molar-refractivity contribution is 14.1. The lowest BCUT2D eigenvalue weighted by molar-refractivity contribution is -0.128. The molecule has 0 fully saturated rings. The summed E-state index contributed by atoms with van der Waals surface area (Å²) in [5.41, 5.74) is 2.20. The number of hydrogen-bond acceptors (Lipinski definition) is 2. The Balaban J connectivity index is 2.34. The minimum atomic E-state index is -2.57. The van der Waals surface area contributed by atoms with Crippen LogP contribution in [-0.2, 0) is 4.79 Å². The van der Waals surface area contributed by atoms with Crippen molar-refractivity contribution in [2.45, 2.75) is 23.7 Å². The fraction of sp³-hybridized carbons (Fsp3) is 0.353. The SMILES string of the molecule is C=CCOc1ccc(C2=CCC(I)C(=O)N2CC(F)F)c(C)c1. The molecule has 0 N–H and O–H groups in total. The first-order valence-electron chi connectivity index (χ1n) is 7.22. The van der Waals surface area contributed by atoms with E-state index in [-0.39, 0.29) is 9.83 Å². The smallest absolute Gasteiger partial charge is 0.256 e. The maximum Gasteiger partial charge on any atom is 0.256 e. The predicted octanol–water partition coefficient (Wildman–Crippen LogP) is 4.20. The van der Waals surface area contributed by atoms with E-state index in [0.717, 1.165) is 11.1 Å². The second-order valence-electron chi connectivity index (χ2n) is 5.21. The van der Waals surface area contributed by atoms with Gasteiger partial charge in [-0.2, -0.15) is 0 Å². The highest BCUT2D eigenvalue weighted by Gasteiger charge is 2.31. The Morgan fingerprint density at radius 3 is 2.87 bits per heavy atom. The van der Waals surface area contributed by atoms with Gasteiger partial charge < -0.3 is 9.64 Å². The molecule has 1 heterocycles. The van der Waals surface area contributed by atoms with E-state index < -0.39 is 13.0 Å². The minimum Gasteiger partial charge on any atom is -0.490 e. The number of allylic oxidation sites excluding steroid dienone is 1. The van der Waals surface area contributed by atoms with E-state index in [1.165, 1.54) is 4.90 Å². The van der Waals surface area contributed by atoms with Crippen molar-refractivity contribution >= 4 is 34.2 Å². The van der Waals surface area contributed by atoms with Crippen molar-refractivity contribution in [1.82, 2.24) is 4.90 Å². The minimum absolute atomic E-state index is 0.269. The number of alkyl halides is 3. The highest BCUT2D eigenvalue weighted by atomic mass is 127. The van der Waals surface area contributed by atoms with Crippen LogP contribution in [0.4, 0.5) is 8.78 Å². The van der Waals surface area contributed by atoms with E-state index >= 15 is 0 Å². The van der Waals surface area contributed by atoms with Crippen LogP contribution in [0, 0.1) is 6.92 Å². The van der Waals surface area contributed by atoms with Gasteiger partial charge in [0.2, 0.25) is 5.91 Å². The number of carbonyl (C=O) groups is 1. The molecule has 0 bridgehead atoms. The molecule has 1 amide bonds. The molecule has 1 aromatic carbocycles. The molecule has 3 nitrogen and oxygen atoms in total. The topological polar surface area (TPSA) is 29.5 Å². The third-order valence-electron chi connectivity index (χ3n) is 3.51. The van der Waals surface area contributed by atoms with Crippen LogP contribution < -0.4 is 4.74 Å². The third kappa shape index (κ3) is 4.31. The monoisotopic (exact) mass is 433 g/mol. The number of hydrogen-bond donors (Lipinski definition) is 0. The van der Waals surface area contributed by atoms with E-state index in [1.54, 1.807) is 18.2 Å². The van der Waals surface area contributed by atoms with Crippen LogP contribution in [0.2, 0.25) is 0 Å². The lowest BCUT2D eigenvalue weighted by Crippen LogP contribution is -2.41. The van der Waals surface area contributed by atoms with E-state index in [1.807, 2.05) is 41.7 Å². The lowest BCUT2D eigenvalue weighted by Gasteiger charge is -2.32. The molecule has 0 saturated heterocycles. The fourth-order valence-electron chi connectivity index (χ4n) is 2.46. The normalized spacial score (nSPS) is 18.1. The Labute approximate surface area is 148 Å². The quantitative estimate of drug-likeness (QED) is 0.383. The summed E-state index contributed by atoms with van der Waals surface area (Å²) in [6.07, 6.45) is 1.48. The molecule has 0 spiro atoms. The molecule has 0 aliphatic carbocycles. The molecule has 6 heteroatoms. The van der Waals surface area contributed by atoms with Gasteiger partial charge in [-0.25, -0.2) is 8.78 Å². The summed E-state index contributed by atoms with van der Waals surface area (Å²) in [7, 11) is 0. The number of benzene rings is 1. The van der Waals surface area contributed by atoms with Crippen LogP contribution in [-0.4, -0.2) is 34.3 Å². The Morgan fingerprint density at radius 1 is 1.52 bits per heavy atom. The number of halogens is 3. The summed E-state index contributed by atoms with van der Waals surface area (Å²) in [6.45, 7) is 5.28. The predicted molar refractivity (Wildman–Crippen MR) is 95.0 cm³/mol. The number of ether oxygens (including phenoxy) is 1. The van der Waals surface area contributed by atoms with E-state index in [9.17, 15) is 13.6 Å². The zero-order valence-corrected chi connectivity index (χ0v) is 14.9. The van der Waals surface area contributed by atoms with Gasteiger partial charge in [0.05, 0.1) is 10.5 Å². The third-order valence-corrected chi connectivity index (χ3v) is 4.55. The first-order valence-corrected chi connectivity index (χ1v) is 8.47. The highest BCUT2D eigenvalue weighted by Crippen LogP contribution is 2.32. The van der Waals surface area contributed by atoms with Gasteiger partial charge in [-0.1, -0.05) is 41.3 Å². The van der Waals surface area contributed by atoms with Crippen molar-refractivity contribution in [3.63, 3.8) is 0 Å². The first kappa shape index (κ1) is 17.9. The molecular formula is C17H18F2INO2. The summed E-state index contributed by atoms with van der Waals surface area (Å²) >= 11 is 1.99. The van der Waals surface area contributed by atoms with Gasteiger partial charge in [0.15, 0.2) is 0 Å². The Morgan fingerprint density at radius 2 is 2.26 bits per heavy atom. The molecule has 1 atom stereocenters. The number of aryl methyl sites for hydroxylation is 1. The van der Waals surface area contributed by atoms with Crippen LogP contribution in [0.25, 0.3) is 5.70 Å².